The zero-order chi connectivity index (χ0) is 22.4. The molecule has 1 saturated carbocycles. The predicted molar refractivity (Wildman–Crippen MR) is 117 cm³/mol. The Morgan fingerprint density at radius 3 is 2.58 bits per heavy atom. The van der Waals surface area contributed by atoms with Crippen molar-refractivity contribution in [1.82, 2.24) is 5.32 Å². The summed E-state index contributed by atoms with van der Waals surface area (Å²) >= 11 is 5.40. The molecule has 6 heteroatoms. The molecule has 0 unspecified atom stereocenters. The van der Waals surface area contributed by atoms with Gasteiger partial charge in [-0.15, -0.1) is 0 Å². The third-order valence-corrected chi connectivity index (χ3v) is 7.04. The summed E-state index contributed by atoms with van der Waals surface area (Å²) in [6, 6.07) is 14.5. The number of aryl methyl sites for hydroxylation is 1. The average molecular weight is 448 g/mol. The molecule has 0 saturated heterocycles. The second kappa shape index (κ2) is 8.01. The van der Waals surface area contributed by atoms with Gasteiger partial charge in [-0.25, -0.2) is 0 Å². The SMILES string of the molecule is CC1(C)[C@H](C=C(Cl)C(F)(F)F)[C@@H]1C(=O)NCc1cccc2c1CCCc1ccccc1-2. The maximum absolute atomic E-state index is 12.8. The Bertz CT molecular complexity index is 1040. The van der Waals surface area contributed by atoms with Gasteiger partial charge in [0, 0.05) is 6.54 Å². The first-order valence-electron chi connectivity index (χ1n) is 10.5. The molecular weight excluding hydrogens is 423 g/mol. The van der Waals surface area contributed by atoms with Gasteiger partial charge in [-0.1, -0.05) is 74.0 Å². The Labute approximate surface area is 185 Å². The van der Waals surface area contributed by atoms with Crippen LogP contribution in [0, 0.1) is 17.3 Å². The molecule has 1 fully saturated rings. The number of halogens is 4. The van der Waals surface area contributed by atoms with E-state index in [1.54, 1.807) is 13.8 Å². The monoisotopic (exact) mass is 447 g/mol. The third-order valence-electron chi connectivity index (χ3n) is 6.70. The van der Waals surface area contributed by atoms with Crippen molar-refractivity contribution in [2.45, 2.75) is 45.8 Å². The molecule has 0 bridgehead atoms. The summed E-state index contributed by atoms with van der Waals surface area (Å²) in [5, 5.41) is 1.80. The van der Waals surface area contributed by atoms with E-state index in [9.17, 15) is 18.0 Å². The number of carbonyl (C=O) groups is 1. The lowest BCUT2D eigenvalue weighted by atomic mass is 9.93. The van der Waals surface area contributed by atoms with E-state index in [2.05, 4.69) is 29.6 Å². The first kappa shape index (κ1) is 21.9. The molecule has 31 heavy (non-hydrogen) atoms. The molecule has 1 amide bonds. The molecule has 2 aromatic rings. The normalized spacial score (nSPS) is 22.2. The van der Waals surface area contributed by atoms with E-state index in [0.29, 0.717) is 6.54 Å². The van der Waals surface area contributed by atoms with Crippen LogP contribution in [0.1, 0.15) is 37.0 Å². The molecule has 2 nitrogen and oxygen atoms in total. The Balaban J connectivity index is 1.51. The zero-order valence-electron chi connectivity index (χ0n) is 17.5. The van der Waals surface area contributed by atoms with Gasteiger partial charge in [0.15, 0.2) is 0 Å². The number of allylic oxidation sites excluding steroid dienone is 2. The number of alkyl halides is 3. The Morgan fingerprint density at radius 2 is 1.84 bits per heavy atom. The van der Waals surface area contributed by atoms with Gasteiger partial charge in [0.25, 0.3) is 0 Å². The van der Waals surface area contributed by atoms with Crippen LogP contribution in [-0.4, -0.2) is 12.1 Å². The summed E-state index contributed by atoms with van der Waals surface area (Å²) in [5.41, 5.74) is 5.50. The smallest absolute Gasteiger partial charge is 0.352 e. The summed E-state index contributed by atoms with van der Waals surface area (Å²) in [7, 11) is 0. The number of fused-ring (bicyclic) bond motifs is 3. The highest BCUT2D eigenvalue weighted by atomic mass is 35.5. The van der Waals surface area contributed by atoms with E-state index in [1.807, 2.05) is 18.2 Å². The van der Waals surface area contributed by atoms with E-state index < -0.39 is 28.5 Å². The highest BCUT2D eigenvalue weighted by molar-refractivity contribution is 6.30. The van der Waals surface area contributed by atoms with Crippen molar-refractivity contribution in [2.24, 2.45) is 17.3 Å². The van der Waals surface area contributed by atoms with Crippen LogP contribution < -0.4 is 5.32 Å². The minimum Gasteiger partial charge on any atom is -0.352 e. The van der Waals surface area contributed by atoms with Gasteiger partial charge in [-0.05, 0) is 58.4 Å². The van der Waals surface area contributed by atoms with E-state index in [1.165, 1.54) is 22.3 Å². The average Bonchev–Trinajstić information content (AvgIpc) is 3.32. The molecule has 0 spiro atoms. The van der Waals surface area contributed by atoms with Crippen molar-refractivity contribution in [2.75, 3.05) is 0 Å². The number of nitrogens with one attached hydrogen (secondary N) is 1. The number of hydrogen-bond donors (Lipinski definition) is 1. The van der Waals surface area contributed by atoms with Gasteiger partial charge in [0.2, 0.25) is 5.91 Å². The lowest BCUT2D eigenvalue weighted by molar-refractivity contribution is -0.123. The van der Waals surface area contributed by atoms with Gasteiger partial charge < -0.3 is 5.32 Å². The molecule has 0 heterocycles. The Hall–Kier alpha value is -2.27. The maximum atomic E-state index is 12.8. The van der Waals surface area contributed by atoms with Crippen LogP contribution in [0.4, 0.5) is 13.2 Å². The minimum atomic E-state index is -4.58. The molecule has 2 aliphatic carbocycles. The van der Waals surface area contributed by atoms with Crippen molar-refractivity contribution < 1.29 is 18.0 Å². The standard InChI is InChI=1S/C25H25ClF3NO/c1-24(2)20(13-21(26)25(27,28)29)22(24)23(31)30-14-16-9-6-12-19-17-10-4-3-7-15(17)8-5-11-18(16)19/h3-4,6-7,9-10,12-13,20,22H,5,8,11,14H2,1-2H3,(H,30,31)/t20-,22-/m1/s1. The molecule has 0 aliphatic heterocycles. The van der Waals surface area contributed by atoms with Crippen molar-refractivity contribution in [3.8, 4) is 11.1 Å². The second-order valence-electron chi connectivity index (χ2n) is 9.01. The van der Waals surface area contributed by atoms with Crippen LogP contribution in [0.15, 0.2) is 53.6 Å². The van der Waals surface area contributed by atoms with E-state index in [4.69, 9.17) is 11.6 Å². The zero-order valence-corrected chi connectivity index (χ0v) is 18.3. The fourth-order valence-corrected chi connectivity index (χ4v) is 4.97. The first-order valence-corrected chi connectivity index (χ1v) is 10.9. The summed E-state index contributed by atoms with van der Waals surface area (Å²) in [6.07, 6.45) is -0.623. The lowest BCUT2D eigenvalue weighted by Gasteiger charge is -2.15. The highest BCUT2D eigenvalue weighted by Crippen LogP contribution is 2.60. The summed E-state index contributed by atoms with van der Waals surface area (Å²) in [4.78, 5) is 12.8. The quantitative estimate of drug-likeness (QED) is 0.576. The van der Waals surface area contributed by atoms with Crippen LogP contribution in [0.2, 0.25) is 0 Å². The first-order chi connectivity index (χ1) is 14.6. The molecule has 164 valence electrons. The van der Waals surface area contributed by atoms with Crippen LogP contribution >= 0.6 is 11.6 Å². The van der Waals surface area contributed by atoms with Gasteiger partial charge in [-0.2, -0.15) is 13.2 Å². The van der Waals surface area contributed by atoms with Crippen molar-refractivity contribution in [3.05, 3.63) is 70.3 Å². The van der Waals surface area contributed by atoms with Gasteiger partial charge in [0.1, 0.15) is 5.03 Å². The highest BCUT2D eigenvalue weighted by Gasteiger charge is 2.61. The number of benzene rings is 2. The van der Waals surface area contributed by atoms with Gasteiger partial charge in [0.05, 0.1) is 5.92 Å². The van der Waals surface area contributed by atoms with Crippen molar-refractivity contribution in [3.63, 3.8) is 0 Å². The fourth-order valence-electron chi connectivity index (χ4n) is 4.84. The van der Waals surface area contributed by atoms with Gasteiger partial charge >= 0.3 is 6.18 Å². The predicted octanol–water partition coefficient (Wildman–Crippen LogP) is 6.42. The Kier molecular flexibility index (Phi) is 5.67. The summed E-state index contributed by atoms with van der Waals surface area (Å²) in [5.74, 6) is -1.28. The number of rotatable bonds is 4. The topological polar surface area (TPSA) is 29.1 Å². The maximum Gasteiger partial charge on any atom is 0.426 e. The van der Waals surface area contributed by atoms with E-state index >= 15 is 0 Å². The van der Waals surface area contributed by atoms with Crippen LogP contribution in [0.5, 0.6) is 0 Å². The summed E-state index contributed by atoms with van der Waals surface area (Å²) in [6.45, 7) is 3.95. The van der Waals surface area contributed by atoms with Crippen LogP contribution in [0.3, 0.4) is 0 Å². The van der Waals surface area contributed by atoms with Crippen LogP contribution in [-0.2, 0) is 24.2 Å². The molecule has 1 N–H and O–H groups in total. The van der Waals surface area contributed by atoms with E-state index in [0.717, 1.165) is 30.9 Å². The minimum absolute atomic E-state index is 0.232. The molecular formula is C25H25ClF3NO. The molecule has 0 radical (unpaired) electrons. The fraction of sp³-hybridized carbons (Fsp3) is 0.400. The third kappa shape index (κ3) is 4.25. The van der Waals surface area contributed by atoms with E-state index in [-0.39, 0.29) is 5.91 Å². The number of hydrogen-bond acceptors (Lipinski definition) is 1. The molecule has 4 rings (SSSR count). The molecule has 2 aromatic carbocycles. The lowest BCUT2D eigenvalue weighted by Crippen LogP contribution is -2.27. The Morgan fingerprint density at radius 1 is 1.13 bits per heavy atom. The van der Waals surface area contributed by atoms with Crippen molar-refractivity contribution in [1.29, 1.82) is 0 Å². The molecule has 2 atom stereocenters. The summed E-state index contributed by atoms with van der Waals surface area (Å²) < 4.78 is 38.4. The number of carbonyl (C=O) groups excluding carboxylic acids is 1. The second-order valence-corrected chi connectivity index (χ2v) is 9.42. The largest absolute Gasteiger partial charge is 0.426 e. The van der Waals surface area contributed by atoms with Crippen LogP contribution in [0.25, 0.3) is 11.1 Å². The van der Waals surface area contributed by atoms with Crippen molar-refractivity contribution >= 4 is 17.5 Å². The van der Waals surface area contributed by atoms with Gasteiger partial charge in [-0.3, -0.25) is 4.79 Å². The number of amides is 1. The molecule has 0 aromatic heterocycles. The molecule has 2 aliphatic rings.